The van der Waals surface area contributed by atoms with Crippen molar-refractivity contribution in [3.63, 3.8) is 0 Å². The molecule has 1 N–H and O–H groups in total. The van der Waals surface area contributed by atoms with E-state index < -0.39 is 11.5 Å². The van der Waals surface area contributed by atoms with Crippen LogP contribution in [0.5, 0.6) is 0 Å². The van der Waals surface area contributed by atoms with E-state index in [-0.39, 0.29) is 5.97 Å². The molecule has 0 amide bonds. The molecule has 0 fully saturated rings. The van der Waals surface area contributed by atoms with Crippen LogP contribution < -0.4 is 0 Å². The number of ether oxygens (including phenoxy) is 1. The van der Waals surface area contributed by atoms with E-state index in [9.17, 15) is 9.90 Å². The molecule has 0 radical (unpaired) electrons. The minimum atomic E-state index is -1.23. The van der Waals surface area contributed by atoms with Crippen molar-refractivity contribution in [2.75, 3.05) is 6.61 Å². The standard InChI is InChI=1S/C13H17BrO3/c1-4-17-12(15)9(2)13(3,16)10-5-7-11(14)8-6-10/h5-9,16H,4H2,1-3H3/t9-,13+/m1/s1. The van der Waals surface area contributed by atoms with E-state index in [4.69, 9.17) is 4.74 Å². The van der Waals surface area contributed by atoms with Gasteiger partial charge in [-0.05, 0) is 38.5 Å². The van der Waals surface area contributed by atoms with Crippen LogP contribution in [0.1, 0.15) is 26.3 Å². The lowest BCUT2D eigenvalue weighted by atomic mass is 9.84. The van der Waals surface area contributed by atoms with Gasteiger partial charge in [-0.25, -0.2) is 0 Å². The molecule has 1 aromatic carbocycles. The molecule has 0 aliphatic heterocycles. The highest BCUT2D eigenvalue weighted by Gasteiger charge is 2.36. The number of hydrogen-bond acceptors (Lipinski definition) is 3. The molecular weight excluding hydrogens is 284 g/mol. The molecule has 0 saturated carbocycles. The van der Waals surface area contributed by atoms with Gasteiger partial charge in [0.15, 0.2) is 0 Å². The van der Waals surface area contributed by atoms with Crippen LogP contribution in [-0.2, 0) is 15.1 Å². The number of benzene rings is 1. The number of halogens is 1. The molecule has 0 saturated heterocycles. The Balaban J connectivity index is 2.93. The zero-order valence-electron chi connectivity index (χ0n) is 10.2. The Kier molecular flexibility index (Phi) is 4.71. The largest absolute Gasteiger partial charge is 0.466 e. The van der Waals surface area contributed by atoms with Gasteiger partial charge in [0.1, 0.15) is 0 Å². The first-order chi connectivity index (χ1) is 7.89. The second kappa shape index (κ2) is 5.65. The lowest BCUT2D eigenvalue weighted by molar-refractivity contribution is -0.156. The minimum Gasteiger partial charge on any atom is -0.466 e. The van der Waals surface area contributed by atoms with Crippen LogP contribution in [-0.4, -0.2) is 17.7 Å². The first-order valence-corrected chi connectivity index (χ1v) is 6.34. The highest BCUT2D eigenvalue weighted by Crippen LogP contribution is 2.30. The highest BCUT2D eigenvalue weighted by atomic mass is 79.9. The fourth-order valence-electron chi connectivity index (χ4n) is 1.53. The van der Waals surface area contributed by atoms with Crippen molar-refractivity contribution in [2.24, 2.45) is 5.92 Å². The Morgan fingerprint density at radius 1 is 1.47 bits per heavy atom. The Morgan fingerprint density at radius 3 is 2.47 bits per heavy atom. The molecule has 0 heterocycles. The molecule has 0 unspecified atom stereocenters. The van der Waals surface area contributed by atoms with Crippen LogP contribution >= 0.6 is 15.9 Å². The van der Waals surface area contributed by atoms with Gasteiger partial charge < -0.3 is 9.84 Å². The maximum Gasteiger partial charge on any atom is 0.311 e. The van der Waals surface area contributed by atoms with Crippen molar-refractivity contribution in [2.45, 2.75) is 26.4 Å². The van der Waals surface area contributed by atoms with Crippen LogP contribution in [0, 0.1) is 5.92 Å². The molecule has 1 rings (SSSR count). The quantitative estimate of drug-likeness (QED) is 0.870. The fraction of sp³-hybridized carbons (Fsp3) is 0.462. The van der Waals surface area contributed by atoms with Crippen LogP contribution in [0.4, 0.5) is 0 Å². The molecule has 94 valence electrons. The normalized spacial score (nSPS) is 16.1. The van der Waals surface area contributed by atoms with Gasteiger partial charge in [-0.2, -0.15) is 0 Å². The predicted molar refractivity (Wildman–Crippen MR) is 69.5 cm³/mol. The smallest absolute Gasteiger partial charge is 0.311 e. The van der Waals surface area contributed by atoms with E-state index in [0.717, 1.165) is 4.47 Å². The number of rotatable bonds is 4. The molecule has 4 heteroatoms. The maximum atomic E-state index is 11.6. The Labute approximate surface area is 110 Å². The fourth-order valence-corrected chi connectivity index (χ4v) is 1.80. The number of aliphatic hydroxyl groups is 1. The minimum absolute atomic E-state index is 0.319. The molecule has 0 aromatic heterocycles. The van der Waals surface area contributed by atoms with Crippen molar-refractivity contribution in [1.29, 1.82) is 0 Å². The van der Waals surface area contributed by atoms with Crippen LogP contribution in [0.2, 0.25) is 0 Å². The van der Waals surface area contributed by atoms with Crippen molar-refractivity contribution in [3.05, 3.63) is 34.3 Å². The summed E-state index contributed by atoms with van der Waals surface area (Å²) in [5.41, 5.74) is -0.534. The van der Waals surface area contributed by atoms with Gasteiger partial charge in [0.25, 0.3) is 0 Å². The third-order valence-electron chi connectivity index (χ3n) is 2.91. The lowest BCUT2D eigenvalue weighted by Gasteiger charge is -2.29. The topological polar surface area (TPSA) is 46.5 Å². The van der Waals surface area contributed by atoms with Gasteiger partial charge in [-0.15, -0.1) is 0 Å². The van der Waals surface area contributed by atoms with Crippen LogP contribution in [0.3, 0.4) is 0 Å². The molecule has 17 heavy (non-hydrogen) atoms. The van der Waals surface area contributed by atoms with E-state index in [0.29, 0.717) is 12.2 Å². The predicted octanol–water partition coefficient (Wildman–Crippen LogP) is 2.86. The molecule has 0 aliphatic carbocycles. The van der Waals surface area contributed by atoms with E-state index >= 15 is 0 Å². The molecule has 0 bridgehead atoms. The Hall–Kier alpha value is -0.870. The number of hydrogen-bond donors (Lipinski definition) is 1. The average Bonchev–Trinajstić information content (AvgIpc) is 2.29. The number of esters is 1. The SMILES string of the molecule is CCOC(=O)[C@@H](C)[C@](C)(O)c1ccc(Br)cc1. The molecule has 2 atom stereocenters. The summed E-state index contributed by atoms with van der Waals surface area (Å²) >= 11 is 3.33. The van der Waals surface area contributed by atoms with Crippen LogP contribution in [0.15, 0.2) is 28.7 Å². The van der Waals surface area contributed by atoms with Gasteiger partial charge >= 0.3 is 5.97 Å². The molecular formula is C13H17BrO3. The summed E-state index contributed by atoms with van der Waals surface area (Å²) in [4.78, 5) is 11.6. The van der Waals surface area contributed by atoms with Gasteiger partial charge in [0, 0.05) is 4.47 Å². The number of carbonyl (C=O) groups excluding carboxylic acids is 1. The zero-order valence-corrected chi connectivity index (χ0v) is 11.8. The van der Waals surface area contributed by atoms with E-state index in [1.54, 1.807) is 32.9 Å². The Morgan fingerprint density at radius 2 is 2.00 bits per heavy atom. The van der Waals surface area contributed by atoms with Crippen molar-refractivity contribution < 1.29 is 14.6 Å². The van der Waals surface area contributed by atoms with E-state index in [1.165, 1.54) is 0 Å². The van der Waals surface area contributed by atoms with Gasteiger partial charge in [0.05, 0.1) is 18.1 Å². The Bertz CT molecular complexity index is 384. The van der Waals surface area contributed by atoms with E-state index in [1.807, 2.05) is 12.1 Å². The summed E-state index contributed by atoms with van der Waals surface area (Å²) in [6.07, 6.45) is 0. The molecule has 1 aromatic rings. The summed E-state index contributed by atoms with van der Waals surface area (Å²) in [6, 6.07) is 7.25. The van der Waals surface area contributed by atoms with Crippen LogP contribution in [0.25, 0.3) is 0 Å². The summed E-state index contributed by atoms with van der Waals surface area (Å²) in [5.74, 6) is -0.996. The highest BCUT2D eigenvalue weighted by molar-refractivity contribution is 9.10. The number of carbonyl (C=O) groups is 1. The van der Waals surface area contributed by atoms with Gasteiger partial charge in [-0.3, -0.25) is 4.79 Å². The molecule has 0 aliphatic rings. The first-order valence-electron chi connectivity index (χ1n) is 5.54. The summed E-state index contributed by atoms with van der Waals surface area (Å²) in [7, 11) is 0. The second-order valence-corrected chi connectivity index (χ2v) is 5.04. The molecule has 3 nitrogen and oxygen atoms in total. The third kappa shape index (κ3) is 3.30. The van der Waals surface area contributed by atoms with Crippen molar-refractivity contribution in [3.8, 4) is 0 Å². The molecule has 0 spiro atoms. The monoisotopic (exact) mass is 300 g/mol. The lowest BCUT2D eigenvalue weighted by Crippen LogP contribution is -2.36. The van der Waals surface area contributed by atoms with Crippen molar-refractivity contribution in [1.82, 2.24) is 0 Å². The second-order valence-electron chi connectivity index (χ2n) is 4.13. The summed E-state index contributed by atoms with van der Waals surface area (Å²) in [6.45, 7) is 5.36. The summed E-state index contributed by atoms with van der Waals surface area (Å²) < 4.78 is 5.86. The van der Waals surface area contributed by atoms with Gasteiger partial charge in [0.2, 0.25) is 0 Å². The maximum absolute atomic E-state index is 11.6. The van der Waals surface area contributed by atoms with E-state index in [2.05, 4.69) is 15.9 Å². The summed E-state index contributed by atoms with van der Waals surface area (Å²) in [5, 5.41) is 10.4. The average molecular weight is 301 g/mol. The zero-order chi connectivity index (χ0) is 13.1. The van der Waals surface area contributed by atoms with Crippen molar-refractivity contribution >= 4 is 21.9 Å². The van der Waals surface area contributed by atoms with Gasteiger partial charge in [-0.1, -0.05) is 28.1 Å². The third-order valence-corrected chi connectivity index (χ3v) is 3.44. The first kappa shape index (κ1) is 14.2.